The van der Waals surface area contributed by atoms with Gasteiger partial charge in [0.25, 0.3) is 0 Å². The monoisotopic (exact) mass is 244 g/mol. The van der Waals surface area contributed by atoms with Gasteiger partial charge in [-0.25, -0.2) is 0 Å². The maximum Gasteiger partial charge on any atom is 0.306 e. The van der Waals surface area contributed by atoms with Crippen LogP contribution in [-0.4, -0.2) is 20.5 Å². The van der Waals surface area contributed by atoms with Crippen LogP contribution >= 0.6 is 0 Å². The lowest BCUT2D eigenvalue weighted by Gasteiger charge is -2.05. The fraction of sp³-hybridized carbons (Fsp3) is 0.364. The molecule has 1 rings (SSSR count). The quantitative estimate of drug-likeness (QED) is 0.604. The molecule has 0 N–H and O–H groups in total. The lowest BCUT2D eigenvalue weighted by atomic mass is 10.1. The molecule has 0 saturated heterocycles. The Morgan fingerprint density at radius 2 is 1.69 bits per heavy atom. The van der Waals surface area contributed by atoms with Crippen LogP contribution in [0.15, 0.2) is 24.3 Å². The van der Waals surface area contributed by atoms with Crippen molar-refractivity contribution in [1.29, 1.82) is 0 Å². The number of carbonyl (C=O) groups excluding carboxylic acids is 1. The third-order valence-electron chi connectivity index (χ3n) is 1.51. The minimum Gasteiger partial charge on any atom is -0.382 e. The number of ketones is 1. The molecule has 0 aliphatic rings. The van der Waals surface area contributed by atoms with E-state index in [4.69, 9.17) is 0 Å². The third kappa shape index (κ3) is 4.93. The van der Waals surface area contributed by atoms with Crippen molar-refractivity contribution in [2.24, 2.45) is 0 Å². The number of benzene rings is 1. The van der Waals surface area contributed by atoms with E-state index in [0.29, 0.717) is 0 Å². The van der Waals surface area contributed by atoms with Crippen molar-refractivity contribution in [3.63, 3.8) is 0 Å². The van der Waals surface area contributed by atoms with Gasteiger partial charge in [-0.3, -0.25) is 4.79 Å². The molecule has 16 heavy (non-hydrogen) atoms. The number of hydrogen-bond acceptors (Lipinski definition) is 4. The molecule has 90 valence electrons. The highest BCUT2D eigenvalue weighted by molar-refractivity contribution is 7.86. The fourth-order valence-electron chi connectivity index (χ4n) is 0.993. The zero-order valence-electron chi connectivity index (χ0n) is 9.85. The Bertz CT molecular complexity index is 449. The van der Waals surface area contributed by atoms with Crippen LogP contribution in [0.4, 0.5) is 0 Å². The first kappa shape index (κ1) is 14.6. The third-order valence-corrected chi connectivity index (χ3v) is 1.99. The molecule has 0 aliphatic heterocycles. The van der Waals surface area contributed by atoms with Crippen LogP contribution in [0.1, 0.15) is 31.1 Å². The Labute approximate surface area is 96.4 Å². The van der Waals surface area contributed by atoms with Gasteiger partial charge in [0.15, 0.2) is 11.5 Å². The van der Waals surface area contributed by atoms with Crippen LogP contribution in [0.5, 0.6) is 5.75 Å². The SMILES string of the molecule is CC.CC(=O)c1ccccc1OS(C)(=O)=O. The summed E-state index contributed by atoms with van der Waals surface area (Å²) in [5.74, 6) is -0.160. The topological polar surface area (TPSA) is 60.4 Å². The van der Waals surface area contributed by atoms with E-state index in [1.54, 1.807) is 12.1 Å². The normalized spacial score (nSPS) is 10.0. The number of rotatable bonds is 3. The molecule has 0 saturated carbocycles. The van der Waals surface area contributed by atoms with Crippen LogP contribution in [0.25, 0.3) is 0 Å². The number of para-hydroxylation sites is 1. The van der Waals surface area contributed by atoms with Crippen molar-refractivity contribution in [2.75, 3.05) is 6.26 Å². The van der Waals surface area contributed by atoms with Gasteiger partial charge in [0, 0.05) is 0 Å². The van der Waals surface area contributed by atoms with E-state index in [9.17, 15) is 13.2 Å². The first-order valence-electron chi connectivity index (χ1n) is 4.89. The summed E-state index contributed by atoms with van der Waals surface area (Å²) in [5.41, 5.74) is 0.262. The summed E-state index contributed by atoms with van der Waals surface area (Å²) in [7, 11) is -3.59. The fourth-order valence-corrected chi connectivity index (χ4v) is 1.46. The Morgan fingerprint density at radius 3 is 2.12 bits per heavy atom. The largest absolute Gasteiger partial charge is 0.382 e. The van der Waals surface area contributed by atoms with E-state index in [-0.39, 0.29) is 17.1 Å². The second-order valence-corrected chi connectivity index (χ2v) is 4.41. The smallest absolute Gasteiger partial charge is 0.306 e. The van der Waals surface area contributed by atoms with Gasteiger partial charge in [-0.2, -0.15) is 8.42 Å². The molecule has 0 amide bonds. The zero-order chi connectivity index (χ0) is 12.8. The Morgan fingerprint density at radius 1 is 1.19 bits per heavy atom. The average Bonchev–Trinajstić information content (AvgIpc) is 2.19. The highest BCUT2D eigenvalue weighted by atomic mass is 32.2. The van der Waals surface area contributed by atoms with Gasteiger partial charge < -0.3 is 4.18 Å². The molecule has 0 atom stereocenters. The van der Waals surface area contributed by atoms with E-state index in [2.05, 4.69) is 4.18 Å². The molecule has 4 nitrogen and oxygen atoms in total. The second-order valence-electron chi connectivity index (χ2n) is 2.84. The standard InChI is InChI=1S/C9H10O4S.C2H6/c1-7(10)8-5-3-4-6-9(8)13-14(2,11)12;1-2/h3-6H,1-2H3;1-2H3. The maximum absolute atomic E-state index is 11.1. The summed E-state index contributed by atoms with van der Waals surface area (Å²) < 4.78 is 26.3. The lowest BCUT2D eigenvalue weighted by Crippen LogP contribution is -2.08. The molecule has 0 bridgehead atoms. The van der Waals surface area contributed by atoms with E-state index in [0.717, 1.165) is 6.26 Å². The molecule has 0 aliphatic carbocycles. The zero-order valence-corrected chi connectivity index (χ0v) is 10.7. The molecular formula is C11H16O4S. The summed E-state index contributed by atoms with van der Waals surface area (Å²) in [6.45, 7) is 5.35. The van der Waals surface area contributed by atoms with Gasteiger partial charge in [0.05, 0.1) is 11.8 Å². The molecule has 0 fully saturated rings. The van der Waals surface area contributed by atoms with E-state index in [1.165, 1.54) is 19.1 Å². The van der Waals surface area contributed by atoms with Gasteiger partial charge in [-0.15, -0.1) is 0 Å². The second kappa shape index (κ2) is 6.27. The molecule has 0 spiro atoms. The van der Waals surface area contributed by atoms with Gasteiger partial charge in [-0.05, 0) is 19.1 Å². The maximum atomic E-state index is 11.1. The Balaban J connectivity index is 0.00000106. The number of hydrogen-bond donors (Lipinski definition) is 0. The first-order valence-corrected chi connectivity index (χ1v) is 6.71. The van der Waals surface area contributed by atoms with Gasteiger partial charge in [0.1, 0.15) is 0 Å². The van der Waals surface area contributed by atoms with Crippen LogP contribution in [-0.2, 0) is 10.1 Å². The predicted octanol–water partition coefficient (Wildman–Crippen LogP) is 2.25. The van der Waals surface area contributed by atoms with Crippen LogP contribution in [0, 0.1) is 0 Å². The number of Topliss-reactive ketones (excluding diaryl/α,β-unsaturated/α-hetero) is 1. The van der Waals surface area contributed by atoms with Crippen molar-refractivity contribution < 1.29 is 17.4 Å². The van der Waals surface area contributed by atoms with Crippen molar-refractivity contribution in [2.45, 2.75) is 20.8 Å². The van der Waals surface area contributed by atoms with Crippen LogP contribution < -0.4 is 4.18 Å². The molecule has 0 unspecified atom stereocenters. The van der Waals surface area contributed by atoms with E-state index < -0.39 is 10.1 Å². The Kier molecular flexibility index (Phi) is 5.74. The van der Waals surface area contributed by atoms with Gasteiger partial charge in [0.2, 0.25) is 0 Å². The van der Waals surface area contributed by atoms with Crippen molar-refractivity contribution in [3.05, 3.63) is 29.8 Å². The summed E-state index contributed by atoms with van der Waals surface area (Å²) in [6, 6.07) is 6.21. The average molecular weight is 244 g/mol. The molecule has 1 aromatic carbocycles. The molecule has 1 aromatic rings. The van der Waals surface area contributed by atoms with Crippen molar-refractivity contribution in [1.82, 2.24) is 0 Å². The minimum atomic E-state index is -3.59. The molecule has 0 aromatic heterocycles. The molecule has 0 radical (unpaired) electrons. The van der Waals surface area contributed by atoms with E-state index >= 15 is 0 Å². The van der Waals surface area contributed by atoms with Crippen molar-refractivity contribution >= 4 is 15.9 Å². The van der Waals surface area contributed by atoms with Crippen LogP contribution in [0.2, 0.25) is 0 Å². The molecule has 0 heterocycles. The first-order chi connectivity index (χ1) is 7.40. The minimum absolute atomic E-state index is 0.0718. The highest BCUT2D eigenvalue weighted by Crippen LogP contribution is 2.19. The summed E-state index contributed by atoms with van der Waals surface area (Å²) >= 11 is 0. The molecular weight excluding hydrogens is 228 g/mol. The number of carbonyl (C=O) groups is 1. The summed E-state index contributed by atoms with van der Waals surface area (Å²) in [5, 5.41) is 0. The summed E-state index contributed by atoms with van der Waals surface area (Å²) in [4.78, 5) is 11.1. The molecule has 5 heteroatoms. The lowest BCUT2D eigenvalue weighted by molar-refractivity contribution is 0.101. The van der Waals surface area contributed by atoms with E-state index in [1.807, 2.05) is 13.8 Å². The van der Waals surface area contributed by atoms with Gasteiger partial charge in [-0.1, -0.05) is 26.0 Å². The van der Waals surface area contributed by atoms with Crippen molar-refractivity contribution in [3.8, 4) is 5.75 Å². The van der Waals surface area contributed by atoms with Gasteiger partial charge >= 0.3 is 10.1 Å². The van der Waals surface area contributed by atoms with Crippen LogP contribution in [0.3, 0.4) is 0 Å². The predicted molar refractivity (Wildman–Crippen MR) is 63.3 cm³/mol. The summed E-state index contributed by atoms with van der Waals surface area (Å²) in [6.07, 6.45) is 0.934. The Hall–Kier alpha value is -1.36. The highest BCUT2D eigenvalue weighted by Gasteiger charge is 2.11.